The molecule has 0 aliphatic rings. The van der Waals surface area contributed by atoms with Gasteiger partial charge >= 0.3 is 0 Å². The second kappa shape index (κ2) is 8.16. The van der Waals surface area contributed by atoms with Crippen molar-refractivity contribution in [3.05, 3.63) is 83.6 Å². The van der Waals surface area contributed by atoms with Crippen LogP contribution in [-0.2, 0) is 6.54 Å². The van der Waals surface area contributed by atoms with Crippen LogP contribution in [0, 0.1) is 6.92 Å². The molecule has 0 aliphatic carbocycles. The van der Waals surface area contributed by atoms with Crippen molar-refractivity contribution >= 4 is 17.4 Å². The number of nitrogens with zero attached hydrogens (tertiary/aromatic N) is 1. The first-order chi connectivity index (χ1) is 12.7. The lowest BCUT2D eigenvalue weighted by Crippen LogP contribution is -2.12. The number of hydrogen-bond donors (Lipinski definition) is 2. The average molecular weight is 347 g/mol. The van der Waals surface area contributed by atoms with E-state index in [1.165, 1.54) is 11.1 Å². The van der Waals surface area contributed by atoms with E-state index in [2.05, 4.69) is 34.7 Å². The van der Waals surface area contributed by atoms with Crippen molar-refractivity contribution < 1.29 is 9.53 Å². The van der Waals surface area contributed by atoms with Crippen LogP contribution in [0.4, 0.5) is 11.5 Å². The molecule has 5 nitrogen and oxygen atoms in total. The minimum absolute atomic E-state index is 0.202. The fourth-order valence-electron chi connectivity index (χ4n) is 2.53. The molecule has 0 bridgehead atoms. The highest BCUT2D eigenvalue weighted by atomic mass is 16.5. The third-order valence-corrected chi connectivity index (χ3v) is 4.07. The van der Waals surface area contributed by atoms with Crippen LogP contribution in [0.25, 0.3) is 0 Å². The van der Waals surface area contributed by atoms with E-state index in [1.54, 1.807) is 37.6 Å². The third kappa shape index (κ3) is 4.39. The molecule has 0 saturated heterocycles. The molecule has 3 rings (SSSR count). The maximum atomic E-state index is 12.3. The molecule has 2 aromatic carbocycles. The summed E-state index contributed by atoms with van der Waals surface area (Å²) in [5.41, 5.74) is 3.64. The number of aromatic nitrogens is 1. The Kier molecular flexibility index (Phi) is 5.49. The number of methoxy groups -OCH3 is 1. The first-order valence-electron chi connectivity index (χ1n) is 8.35. The summed E-state index contributed by atoms with van der Waals surface area (Å²) in [7, 11) is 1.57. The molecule has 0 spiro atoms. The number of carbonyl (C=O) groups excluding carboxylic acids is 1. The normalized spacial score (nSPS) is 10.2. The SMILES string of the molecule is COc1cccc(C(=O)Nc2ccc(NCc3ccccc3C)nc2)c1. The quantitative estimate of drug-likeness (QED) is 0.699. The van der Waals surface area contributed by atoms with Crippen molar-refractivity contribution in [1.29, 1.82) is 0 Å². The standard InChI is InChI=1S/C21H21N3O2/c1-15-6-3-4-7-17(15)13-22-20-11-10-18(14-23-20)24-21(25)16-8-5-9-19(12-16)26-2/h3-12,14H,13H2,1-2H3,(H,22,23)(H,24,25). The van der Waals surface area contributed by atoms with Gasteiger partial charge in [-0.3, -0.25) is 4.79 Å². The Bertz CT molecular complexity index is 892. The number of carbonyl (C=O) groups is 1. The molecule has 132 valence electrons. The summed E-state index contributed by atoms with van der Waals surface area (Å²) in [5, 5.41) is 6.12. The smallest absolute Gasteiger partial charge is 0.255 e. The van der Waals surface area contributed by atoms with Gasteiger partial charge in [0.1, 0.15) is 11.6 Å². The molecule has 0 atom stereocenters. The molecule has 0 radical (unpaired) electrons. The van der Waals surface area contributed by atoms with Crippen molar-refractivity contribution in [2.24, 2.45) is 0 Å². The van der Waals surface area contributed by atoms with Crippen molar-refractivity contribution in [3.8, 4) is 5.75 Å². The lowest BCUT2D eigenvalue weighted by atomic mass is 10.1. The van der Waals surface area contributed by atoms with Crippen LogP contribution in [0.2, 0.25) is 0 Å². The highest BCUT2D eigenvalue weighted by molar-refractivity contribution is 6.04. The molecule has 0 fully saturated rings. The van der Waals surface area contributed by atoms with Crippen LogP contribution in [-0.4, -0.2) is 18.0 Å². The van der Waals surface area contributed by atoms with E-state index in [9.17, 15) is 4.79 Å². The Morgan fingerprint density at radius 3 is 2.65 bits per heavy atom. The number of ether oxygens (including phenoxy) is 1. The Balaban J connectivity index is 1.60. The second-order valence-corrected chi connectivity index (χ2v) is 5.90. The van der Waals surface area contributed by atoms with E-state index in [-0.39, 0.29) is 5.91 Å². The van der Waals surface area contributed by atoms with E-state index in [4.69, 9.17) is 4.74 Å². The van der Waals surface area contributed by atoms with E-state index in [0.29, 0.717) is 23.5 Å². The third-order valence-electron chi connectivity index (χ3n) is 4.07. The average Bonchev–Trinajstić information content (AvgIpc) is 2.68. The van der Waals surface area contributed by atoms with Crippen molar-refractivity contribution in [3.63, 3.8) is 0 Å². The summed E-state index contributed by atoms with van der Waals surface area (Å²) in [6.07, 6.45) is 1.64. The lowest BCUT2D eigenvalue weighted by Gasteiger charge is -2.10. The molecule has 2 N–H and O–H groups in total. The van der Waals surface area contributed by atoms with Crippen LogP contribution in [0.1, 0.15) is 21.5 Å². The zero-order chi connectivity index (χ0) is 18.4. The summed E-state index contributed by atoms with van der Waals surface area (Å²) < 4.78 is 5.14. The molecule has 0 unspecified atom stereocenters. The van der Waals surface area contributed by atoms with Crippen LogP contribution in [0.5, 0.6) is 5.75 Å². The number of hydrogen-bond acceptors (Lipinski definition) is 4. The Morgan fingerprint density at radius 2 is 1.92 bits per heavy atom. The first-order valence-corrected chi connectivity index (χ1v) is 8.35. The Labute approximate surface area is 153 Å². The van der Waals surface area contributed by atoms with Gasteiger partial charge in [-0.2, -0.15) is 0 Å². The summed E-state index contributed by atoms with van der Waals surface area (Å²) in [5.74, 6) is 1.20. The lowest BCUT2D eigenvalue weighted by molar-refractivity contribution is 0.102. The van der Waals surface area contributed by atoms with Gasteiger partial charge in [0.25, 0.3) is 5.91 Å². The first kappa shape index (κ1) is 17.5. The van der Waals surface area contributed by atoms with Crippen LogP contribution < -0.4 is 15.4 Å². The highest BCUT2D eigenvalue weighted by Gasteiger charge is 2.07. The molecular formula is C21H21N3O2. The summed E-state index contributed by atoms with van der Waals surface area (Å²) in [4.78, 5) is 16.7. The number of aryl methyl sites for hydroxylation is 1. The van der Waals surface area contributed by atoms with Gasteiger partial charge < -0.3 is 15.4 Å². The molecule has 1 aromatic heterocycles. The van der Waals surface area contributed by atoms with E-state index < -0.39 is 0 Å². The predicted octanol–water partition coefficient (Wildman–Crippen LogP) is 4.26. The van der Waals surface area contributed by atoms with Crippen LogP contribution in [0.15, 0.2) is 66.9 Å². The maximum absolute atomic E-state index is 12.3. The zero-order valence-corrected chi connectivity index (χ0v) is 14.8. The van der Waals surface area contributed by atoms with Gasteiger partial charge in [0.05, 0.1) is 19.0 Å². The Morgan fingerprint density at radius 1 is 1.08 bits per heavy atom. The van der Waals surface area contributed by atoms with Gasteiger partial charge in [-0.15, -0.1) is 0 Å². The molecule has 1 amide bonds. The molecular weight excluding hydrogens is 326 g/mol. The van der Waals surface area contributed by atoms with Crippen LogP contribution >= 0.6 is 0 Å². The number of rotatable bonds is 6. The molecule has 1 heterocycles. The topological polar surface area (TPSA) is 63.2 Å². The fourth-order valence-corrected chi connectivity index (χ4v) is 2.53. The van der Waals surface area contributed by atoms with Crippen LogP contribution in [0.3, 0.4) is 0 Å². The minimum Gasteiger partial charge on any atom is -0.497 e. The number of benzene rings is 2. The van der Waals surface area contributed by atoms with E-state index >= 15 is 0 Å². The zero-order valence-electron chi connectivity index (χ0n) is 14.8. The van der Waals surface area contributed by atoms with Gasteiger partial charge in [-0.05, 0) is 48.4 Å². The minimum atomic E-state index is -0.202. The van der Waals surface area contributed by atoms with E-state index in [1.807, 2.05) is 24.3 Å². The monoisotopic (exact) mass is 347 g/mol. The highest BCUT2D eigenvalue weighted by Crippen LogP contribution is 2.16. The second-order valence-electron chi connectivity index (χ2n) is 5.90. The molecule has 3 aromatic rings. The van der Waals surface area contributed by atoms with Crippen molar-refractivity contribution in [2.45, 2.75) is 13.5 Å². The van der Waals surface area contributed by atoms with Gasteiger partial charge in [-0.1, -0.05) is 30.3 Å². The van der Waals surface area contributed by atoms with Gasteiger partial charge in [0.2, 0.25) is 0 Å². The number of amides is 1. The number of anilines is 2. The Hall–Kier alpha value is -3.34. The maximum Gasteiger partial charge on any atom is 0.255 e. The summed E-state index contributed by atoms with van der Waals surface area (Å²) >= 11 is 0. The van der Waals surface area contributed by atoms with Gasteiger partial charge in [0, 0.05) is 12.1 Å². The fraction of sp³-hybridized carbons (Fsp3) is 0.143. The molecule has 0 saturated carbocycles. The summed E-state index contributed by atoms with van der Waals surface area (Å²) in [6.45, 7) is 2.79. The van der Waals surface area contributed by atoms with Gasteiger partial charge in [-0.25, -0.2) is 4.98 Å². The largest absolute Gasteiger partial charge is 0.497 e. The number of nitrogens with one attached hydrogen (secondary N) is 2. The van der Waals surface area contributed by atoms with Gasteiger partial charge in [0.15, 0.2) is 0 Å². The summed E-state index contributed by atoms with van der Waals surface area (Å²) in [6, 6.07) is 18.9. The molecule has 0 aliphatic heterocycles. The molecule has 5 heteroatoms. The van der Waals surface area contributed by atoms with Crippen molar-refractivity contribution in [1.82, 2.24) is 4.98 Å². The predicted molar refractivity (Wildman–Crippen MR) is 104 cm³/mol. The number of pyridine rings is 1. The van der Waals surface area contributed by atoms with E-state index in [0.717, 1.165) is 5.82 Å². The van der Waals surface area contributed by atoms with Crippen molar-refractivity contribution in [2.75, 3.05) is 17.7 Å². The molecule has 26 heavy (non-hydrogen) atoms.